The van der Waals surface area contributed by atoms with Crippen molar-refractivity contribution in [2.75, 3.05) is 23.0 Å². The quantitative estimate of drug-likeness (QED) is 0.684. The Morgan fingerprint density at radius 3 is 2.54 bits per heavy atom. The average Bonchev–Trinajstić information content (AvgIpc) is 3.20. The van der Waals surface area contributed by atoms with E-state index in [1.54, 1.807) is 23.5 Å². The first-order valence-electron chi connectivity index (χ1n) is 9.70. The number of rotatable bonds is 3. The molecular weight excluding hydrogens is 384 g/mol. The minimum atomic E-state index is -0.277. The van der Waals surface area contributed by atoms with Crippen molar-refractivity contribution in [2.24, 2.45) is 4.99 Å². The van der Waals surface area contributed by atoms with E-state index >= 15 is 0 Å². The molecule has 0 radical (unpaired) electrons. The van der Waals surface area contributed by atoms with E-state index in [1.165, 1.54) is 11.1 Å². The first-order chi connectivity index (χ1) is 13.4. The van der Waals surface area contributed by atoms with Gasteiger partial charge in [-0.1, -0.05) is 79.0 Å². The minimum Gasteiger partial charge on any atom is -0.306 e. The number of nitrogens with zero attached hydrogens (tertiary/aromatic N) is 2. The molecule has 0 N–H and O–H groups in total. The summed E-state index contributed by atoms with van der Waals surface area (Å²) in [5.74, 6) is 1.63. The second-order valence-corrected chi connectivity index (χ2v) is 10.5. The zero-order valence-corrected chi connectivity index (χ0v) is 18.3. The molecule has 0 aliphatic carbocycles. The van der Waals surface area contributed by atoms with Gasteiger partial charge in [0.15, 0.2) is 0 Å². The van der Waals surface area contributed by atoms with Crippen molar-refractivity contribution in [1.82, 2.24) is 0 Å². The SMILES string of the molecule is CC1(C)C[C@@](C)(c2ccccc2)c2ccccc2N1C(=O)CSC1=NCCS1. The molecule has 2 heterocycles. The number of carbonyl (C=O) groups excluding carboxylic acids is 1. The largest absolute Gasteiger partial charge is 0.306 e. The molecule has 2 aliphatic heterocycles. The van der Waals surface area contributed by atoms with Crippen molar-refractivity contribution in [3.8, 4) is 0 Å². The van der Waals surface area contributed by atoms with Crippen molar-refractivity contribution in [3.05, 3.63) is 65.7 Å². The molecule has 28 heavy (non-hydrogen) atoms. The summed E-state index contributed by atoms with van der Waals surface area (Å²) < 4.78 is 1.05. The number of carbonyl (C=O) groups is 1. The summed E-state index contributed by atoms with van der Waals surface area (Å²) in [5.41, 5.74) is 3.16. The Kier molecular flexibility index (Phi) is 5.32. The maximum absolute atomic E-state index is 13.3. The first-order valence-corrected chi connectivity index (χ1v) is 11.7. The van der Waals surface area contributed by atoms with Gasteiger partial charge in [0.25, 0.3) is 0 Å². The first kappa shape index (κ1) is 19.6. The van der Waals surface area contributed by atoms with Crippen LogP contribution in [0.25, 0.3) is 0 Å². The molecule has 2 aliphatic rings. The molecule has 2 aromatic carbocycles. The number of benzene rings is 2. The van der Waals surface area contributed by atoms with Gasteiger partial charge in [-0.05, 0) is 37.5 Å². The fraction of sp³-hybridized carbons (Fsp3) is 0.391. The topological polar surface area (TPSA) is 32.7 Å². The van der Waals surface area contributed by atoms with Crippen LogP contribution in [0.3, 0.4) is 0 Å². The predicted molar refractivity (Wildman–Crippen MR) is 123 cm³/mol. The van der Waals surface area contributed by atoms with Gasteiger partial charge in [-0.25, -0.2) is 0 Å². The van der Waals surface area contributed by atoms with Crippen LogP contribution >= 0.6 is 23.5 Å². The van der Waals surface area contributed by atoms with E-state index in [9.17, 15) is 4.79 Å². The molecule has 0 bridgehead atoms. The zero-order valence-electron chi connectivity index (χ0n) is 16.6. The Morgan fingerprint density at radius 1 is 1.11 bits per heavy atom. The lowest BCUT2D eigenvalue weighted by atomic mass is 9.65. The average molecular weight is 411 g/mol. The molecule has 3 nitrogen and oxygen atoms in total. The van der Waals surface area contributed by atoms with E-state index in [1.807, 2.05) is 11.0 Å². The molecule has 146 valence electrons. The zero-order chi connectivity index (χ0) is 19.8. The Labute approximate surface area is 176 Å². The Hall–Kier alpha value is -1.72. The highest BCUT2D eigenvalue weighted by atomic mass is 32.2. The third-order valence-electron chi connectivity index (χ3n) is 5.67. The third-order valence-corrected chi connectivity index (χ3v) is 7.91. The molecule has 0 saturated heterocycles. The minimum absolute atomic E-state index is 0.128. The van der Waals surface area contributed by atoms with Gasteiger partial charge in [0, 0.05) is 22.4 Å². The smallest absolute Gasteiger partial charge is 0.237 e. The van der Waals surface area contributed by atoms with E-state index in [0.29, 0.717) is 5.75 Å². The number of aliphatic imine (C=N–C) groups is 1. The summed E-state index contributed by atoms with van der Waals surface area (Å²) in [6.45, 7) is 7.56. The number of anilines is 1. The van der Waals surface area contributed by atoms with Crippen LogP contribution in [0.4, 0.5) is 5.69 Å². The highest BCUT2D eigenvalue weighted by molar-refractivity contribution is 8.39. The summed E-state index contributed by atoms with van der Waals surface area (Å²) in [6.07, 6.45) is 0.882. The predicted octanol–water partition coefficient (Wildman–Crippen LogP) is 5.34. The molecule has 0 aromatic heterocycles. The molecule has 0 saturated carbocycles. The summed E-state index contributed by atoms with van der Waals surface area (Å²) in [6, 6.07) is 19.1. The molecule has 1 atom stereocenters. The highest BCUT2D eigenvalue weighted by Gasteiger charge is 2.47. The lowest BCUT2D eigenvalue weighted by Gasteiger charge is -2.51. The summed E-state index contributed by atoms with van der Waals surface area (Å²) in [5, 5.41) is 0. The van der Waals surface area contributed by atoms with Crippen LogP contribution in [-0.2, 0) is 10.2 Å². The van der Waals surface area contributed by atoms with E-state index in [0.717, 1.165) is 28.8 Å². The number of thioether (sulfide) groups is 2. The van der Waals surface area contributed by atoms with Crippen molar-refractivity contribution in [3.63, 3.8) is 0 Å². The Bertz CT molecular complexity index is 910. The normalized spacial score (nSPS) is 23.2. The maximum atomic E-state index is 13.3. The van der Waals surface area contributed by atoms with Gasteiger partial charge < -0.3 is 4.90 Å². The van der Waals surface area contributed by atoms with E-state index in [2.05, 4.69) is 74.3 Å². The molecule has 1 amide bonds. The Balaban J connectivity index is 1.71. The summed E-state index contributed by atoms with van der Waals surface area (Å²) in [4.78, 5) is 19.8. The molecule has 2 aromatic rings. The van der Waals surface area contributed by atoms with Gasteiger partial charge in [0.05, 0.1) is 12.3 Å². The van der Waals surface area contributed by atoms with Crippen LogP contribution in [0, 0.1) is 0 Å². The fourth-order valence-corrected chi connectivity index (χ4v) is 6.49. The molecular formula is C23H26N2OS2. The van der Waals surface area contributed by atoms with Crippen molar-refractivity contribution < 1.29 is 4.79 Å². The van der Waals surface area contributed by atoms with Crippen LogP contribution < -0.4 is 4.90 Å². The van der Waals surface area contributed by atoms with Crippen LogP contribution in [0.2, 0.25) is 0 Å². The van der Waals surface area contributed by atoms with Gasteiger partial charge in [-0.15, -0.1) is 0 Å². The van der Waals surface area contributed by atoms with Gasteiger partial charge >= 0.3 is 0 Å². The van der Waals surface area contributed by atoms with Gasteiger partial charge in [0.1, 0.15) is 4.38 Å². The molecule has 0 unspecified atom stereocenters. The fourth-order valence-electron chi connectivity index (χ4n) is 4.63. The monoisotopic (exact) mass is 410 g/mol. The van der Waals surface area contributed by atoms with Crippen molar-refractivity contribution >= 4 is 39.5 Å². The number of amides is 1. The van der Waals surface area contributed by atoms with Crippen LogP contribution in [0.15, 0.2) is 59.6 Å². The Morgan fingerprint density at radius 2 is 1.82 bits per heavy atom. The standard InChI is InChI=1S/C23H26N2OS2/c1-22(2)16-23(3,17-9-5-4-6-10-17)18-11-7-8-12-19(18)25(22)20(26)15-28-21-24-13-14-27-21/h4-12H,13-16H2,1-3H3/t23-/m0/s1. The number of fused-ring (bicyclic) bond motifs is 1. The van der Waals surface area contributed by atoms with Gasteiger partial charge in [-0.2, -0.15) is 0 Å². The highest BCUT2D eigenvalue weighted by Crippen LogP contribution is 2.50. The molecule has 4 rings (SSSR count). The molecule has 0 fully saturated rings. The van der Waals surface area contributed by atoms with E-state index < -0.39 is 0 Å². The van der Waals surface area contributed by atoms with Crippen molar-refractivity contribution in [1.29, 1.82) is 0 Å². The number of hydrogen-bond donors (Lipinski definition) is 0. The molecule has 0 spiro atoms. The van der Waals surface area contributed by atoms with Crippen LogP contribution in [0.5, 0.6) is 0 Å². The van der Waals surface area contributed by atoms with Crippen LogP contribution in [-0.4, -0.2) is 33.9 Å². The van der Waals surface area contributed by atoms with E-state index in [4.69, 9.17) is 0 Å². The van der Waals surface area contributed by atoms with Gasteiger partial charge in [-0.3, -0.25) is 9.79 Å². The lowest BCUT2D eigenvalue weighted by Crippen LogP contribution is -2.56. The summed E-state index contributed by atoms with van der Waals surface area (Å²) in [7, 11) is 0. The maximum Gasteiger partial charge on any atom is 0.237 e. The summed E-state index contributed by atoms with van der Waals surface area (Å²) >= 11 is 3.33. The van der Waals surface area contributed by atoms with E-state index in [-0.39, 0.29) is 16.9 Å². The second-order valence-electron chi connectivity index (χ2n) is 8.22. The molecule has 5 heteroatoms. The van der Waals surface area contributed by atoms with Gasteiger partial charge in [0.2, 0.25) is 5.91 Å². The third kappa shape index (κ3) is 3.50. The second kappa shape index (κ2) is 7.60. The lowest BCUT2D eigenvalue weighted by molar-refractivity contribution is -0.117. The number of para-hydroxylation sites is 1. The van der Waals surface area contributed by atoms with Crippen LogP contribution in [0.1, 0.15) is 38.3 Å². The van der Waals surface area contributed by atoms with Crippen molar-refractivity contribution in [2.45, 2.75) is 38.1 Å². The number of hydrogen-bond acceptors (Lipinski definition) is 4.